The average molecular weight is 386 g/mol. The van der Waals surface area contributed by atoms with Crippen molar-refractivity contribution in [3.05, 3.63) is 105 Å². The van der Waals surface area contributed by atoms with Crippen LogP contribution < -0.4 is 0 Å². The van der Waals surface area contributed by atoms with Crippen LogP contribution in [-0.4, -0.2) is 33.2 Å². The fraction of sp³-hybridized carbons (Fsp3) is 0.0870. The summed E-state index contributed by atoms with van der Waals surface area (Å²) in [5, 5.41) is 29.3. The second-order valence-corrected chi connectivity index (χ2v) is 7.22. The fourth-order valence-electron chi connectivity index (χ4n) is 4.94. The first-order chi connectivity index (χ1) is 13.9. The highest BCUT2D eigenvalue weighted by Gasteiger charge is 2.45. The molecule has 3 aliphatic rings. The predicted molar refractivity (Wildman–Crippen MR) is 102 cm³/mol. The van der Waals surface area contributed by atoms with E-state index in [4.69, 9.17) is 0 Å². The molecule has 0 saturated heterocycles. The lowest BCUT2D eigenvalue weighted by Crippen LogP contribution is -2.31. The zero-order valence-electron chi connectivity index (χ0n) is 14.9. The Labute approximate surface area is 164 Å². The van der Waals surface area contributed by atoms with Gasteiger partial charge in [0.1, 0.15) is 0 Å². The summed E-state index contributed by atoms with van der Waals surface area (Å²) in [6.45, 7) is 0. The summed E-state index contributed by atoms with van der Waals surface area (Å²) in [6.07, 6.45) is 0. The third kappa shape index (κ3) is 2.14. The van der Waals surface area contributed by atoms with Crippen molar-refractivity contribution in [1.82, 2.24) is 0 Å². The standard InChI is InChI=1S/C23H14O6/c24-21(25)15-9-14-16-10-5-1-3-7-12(10)17(13-8-4-2-6-11(13)16)18(14)20(23(28)29)19(15)22(26)27/h1-9,16-17H,(H,24,25)(H,26,27)(H,28,29). The molecule has 0 aromatic heterocycles. The van der Waals surface area contributed by atoms with Gasteiger partial charge < -0.3 is 15.3 Å². The van der Waals surface area contributed by atoms with Crippen molar-refractivity contribution < 1.29 is 29.7 Å². The summed E-state index contributed by atoms with van der Waals surface area (Å²) in [7, 11) is 0. The minimum absolute atomic E-state index is 0.346. The first kappa shape index (κ1) is 17.2. The molecule has 0 saturated carbocycles. The number of carbonyl (C=O) groups is 3. The molecule has 3 aliphatic carbocycles. The highest BCUT2D eigenvalue weighted by atomic mass is 16.4. The molecule has 0 unspecified atom stereocenters. The molecule has 3 aromatic carbocycles. The molecule has 0 spiro atoms. The van der Waals surface area contributed by atoms with Gasteiger partial charge in [0, 0.05) is 11.8 Å². The largest absolute Gasteiger partial charge is 0.478 e. The van der Waals surface area contributed by atoms with Gasteiger partial charge >= 0.3 is 17.9 Å². The quantitative estimate of drug-likeness (QED) is 0.435. The maximum absolute atomic E-state index is 12.2. The van der Waals surface area contributed by atoms with Crippen LogP contribution in [0.1, 0.15) is 76.3 Å². The first-order valence-electron chi connectivity index (χ1n) is 9.00. The van der Waals surface area contributed by atoms with E-state index in [-0.39, 0.29) is 5.92 Å². The summed E-state index contributed by atoms with van der Waals surface area (Å²) < 4.78 is 0. The van der Waals surface area contributed by atoms with Crippen LogP contribution in [0.3, 0.4) is 0 Å². The van der Waals surface area contributed by atoms with Gasteiger partial charge in [0.2, 0.25) is 0 Å². The Morgan fingerprint density at radius 1 is 0.586 bits per heavy atom. The number of carboxylic acids is 3. The molecule has 2 bridgehead atoms. The molecular formula is C23H14O6. The SMILES string of the molecule is O=C(O)c1cc2c(c(C(=O)O)c1C(=O)O)C1c3ccccc3C2c2ccccc21. The van der Waals surface area contributed by atoms with E-state index in [9.17, 15) is 29.7 Å². The number of benzene rings is 3. The number of aromatic carboxylic acids is 3. The van der Waals surface area contributed by atoms with E-state index in [1.165, 1.54) is 6.07 Å². The zero-order chi connectivity index (χ0) is 20.4. The Morgan fingerprint density at radius 2 is 1.03 bits per heavy atom. The molecule has 0 aliphatic heterocycles. The Bertz CT molecular complexity index is 1210. The third-order valence-electron chi connectivity index (χ3n) is 5.89. The van der Waals surface area contributed by atoms with Gasteiger partial charge in [-0.15, -0.1) is 0 Å². The Morgan fingerprint density at radius 3 is 1.45 bits per heavy atom. The summed E-state index contributed by atoms with van der Waals surface area (Å²) >= 11 is 0. The van der Waals surface area contributed by atoms with E-state index in [2.05, 4.69) is 0 Å². The molecule has 6 nitrogen and oxygen atoms in total. The van der Waals surface area contributed by atoms with Gasteiger partial charge in [-0.25, -0.2) is 14.4 Å². The van der Waals surface area contributed by atoms with E-state index < -0.39 is 40.5 Å². The van der Waals surface area contributed by atoms with Crippen molar-refractivity contribution in [3.8, 4) is 0 Å². The lowest BCUT2D eigenvalue weighted by atomic mass is 9.59. The van der Waals surface area contributed by atoms with Gasteiger partial charge in [0.05, 0.1) is 16.7 Å². The average Bonchev–Trinajstić information content (AvgIpc) is 2.71. The van der Waals surface area contributed by atoms with Crippen molar-refractivity contribution in [2.45, 2.75) is 11.8 Å². The van der Waals surface area contributed by atoms with Gasteiger partial charge in [0.15, 0.2) is 0 Å². The van der Waals surface area contributed by atoms with Crippen LogP contribution in [0.5, 0.6) is 0 Å². The fourth-order valence-corrected chi connectivity index (χ4v) is 4.94. The Kier molecular flexibility index (Phi) is 3.43. The van der Waals surface area contributed by atoms with Gasteiger partial charge in [-0.2, -0.15) is 0 Å². The van der Waals surface area contributed by atoms with E-state index in [1.807, 2.05) is 48.5 Å². The molecule has 29 heavy (non-hydrogen) atoms. The lowest BCUT2D eigenvalue weighted by molar-refractivity contribution is 0.0632. The summed E-state index contributed by atoms with van der Waals surface area (Å²) in [4.78, 5) is 36.0. The number of carboxylic acid groups (broad SMARTS) is 3. The minimum Gasteiger partial charge on any atom is -0.478 e. The van der Waals surface area contributed by atoms with Crippen LogP contribution in [0.15, 0.2) is 54.6 Å². The number of rotatable bonds is 3. The smallest absolute Gasteiger partial charge is 0.337 e. The molecular weight excluding hydrogens is 372 g/mol. The van der Waals surface area contributed by atoms with Crippen LogP contribution in [0.4, 0.5) is 0 Å². The summed E-state index contributed by atoms with van der Waals surface area (Å²) in [5.41, 5.74) is 3.12. The number of hydrogen-bond donors (Lipinski definition) is 3. The summed E-state index contributed by atoms with van der Waals surface area (Å²) in [5.74, 6) is -5.28. The molecule has 142 valence electrons. The van der Waals surface area contributed by atoms with Gasteiger partial charge in [-0.05, 0) is 39.4 Å². The Balaban J connectivity index is 1.97. The first-order valence-corrected chi connectivity index (χ1v) is 9.00. The highest BCUT2D eigenvalue weighted by Crippen LogP contribution is 2.57. The van der Waals surface area contributed by atoms with Crippen LogP contribution in [0.25, 0.3) is 0 Å². The van der Waals surface area contributed by atoms with Crippen molar-refractivity contribution in [2.24, 2.45) is 0 Å². The van der Waals surface area contributed by atoms with Crippen molar-refractivity contribution >= 4 is 17.9 Å². The molecule has 0 heterocycles. The molecule has 0 atom stereocenters. The molecule has 6 rings (SSSR count). The van der Waals surface area contributed by atoms with E-state index >= 15 is 0 Å². The van der Waals surface area contributed by atoms with Crippen LogP contribution >= 0.6 is 0 Å². The van der Waals surface area contributed by atoms with Crippen molar-refractivity contribution in [3.63, 3.8) is 0 Å². The summed E-state index contributed by atoms with van der Waals surface area (Å²) in [6, 6.07) is 16.6. The van der Waals surface area contributed by atoms with Crippen LogP contribution in [0.2, 0.25) is 0 Å². The van der Waals surface area contributed by atoms with E-state index in [0.717, 1.165) is 22.3 Å². The minimum atomic E-state index is -1.56. The van der Waals surface area contributed by atoms with Crippen LogP contribution in [0, 0.1) is 0 Å². The topological polar surface area (TPSA) is 112 Å². The monoisotopic (exact) mass is 386 g/mol. The Hall–Kier alpha value is -3.93. The molecule has 0 radical (unpaired) electrons. The van der Waals surface area contributed by atoms with Gasteiger partial charge in [-0.1, -0.05) is 48.5 Å². The molecule has 0 amide bonds. The van der Waals surface area contributed by atoms with Gasteiger partial charge in [0.25, 0.3) is 0 Å². The van der Waals surface area contributed by atoms with E-state index in [0.29, 0.717) is 11.1 Å². The second kappa shape index (κ2) is 5.78. The maximum atomic E-state index is 12.2. The third-order valence-corrected chi connectivity index (χ3v) is 5.89. The van der Waals surface area contributed by atoms with Crippen molar-refractivity contribution in [2.75, 3.05) is 0 Å². The molecule has 3 N–H and O–H groups in total. The molecule has 6 heteroatoms. The zero-order valence-corrected chi connectivity index (χ0v) is 14.9. The van der Waals surface area contributed by atoms with E-state index in [1.54, 1.807) is 0 Å². The van der Waals surface area contributed by atoms with Gasteiger partial charge in [-0.3, -0.25) is 0 Å². The molecule has 0 fully saturated rings. The maximum Gasteiger partial charge on any atom is 0.337 e. The predicted octanol–water partition coefficient (Wildman–Crippen LogP) is 3.77. The molecule has 3 aromatic rings. The van der Waals surface area contributed by atoms with Crippen molar-refractivity contribution in [1.29, 1.82) is 0 Å². The lowest BCUT2D eigenvalue weighted by Gasteiger charge is -2.43. The number of hydrogen-bond acceptors (Lipinski definition) is 3. The second-order valence-electron chi connectivity index (χ2n) is 7.22. The highest BCUT2D eigenvalue weighted by molar-refractivity contribution is 6.11. The normalized spacial score (nSPS) is 17.8. The van der Waals surface area contributed by atoms with Crippen LogP contribution in [-0.2, 0) is 0 Å².